The Bertz CT molecular complexity index is 884. The number of carbonyl (C=O) groups excluding carboxylic acids is 1. The lowest BCUT2D eigenvalue weighted by Gasteiger charge is -2.22. The number of nitrogens with zero attached hydrogens (tertiary/aromatic N) is 2. The number of benzene rings is 2. The van der Waals surface area contributed by atoms with E-state index in [0.29, 0.717) is 11.4 Å². The van der Waals surface area contributed by atoms with Crippen molar-refractivity contribution in [3.8, 4) is 0 Å². The molecule has 2 atom stereocenters. The van der Waals surface area contributed by atoms with Gasteiger partial charge >= 0.3 is 6.03 Å². The zero-order valence-electron chi connectivity index (χ0n) is 12.7. The van der Waals surface area contributed by atoms with Gasteiger partial charge in [-0.05, 0) is 36.4 Å². The first kappa shape index (κ1) is 15.1. The van der Waals surface area contributed by atoms with E-state index in [4.69, 9.17) is 0 Å². The Morgan fingerprint density at radius 3 is 1.88 bits per heavy atom. The number of carbonyl (C=O) groups is 1. The number of fused-ring (bicyclic) bond motifs is 1. The highest BCUT2D eigenvalue weighted by Gasteiger charge is 2.54. The average Bonchev–Trinajstić information content (AvgIpc) is 2.98. The lowest BCUT2D eigenvalue weighted by Crippen LogP contribution is -2.37. The van der Waals surface area contributed by atoms with Crippen molar-refractivity contribution in [2.24, 2.45) is 0 Å². The summed E-state index contributed by atoms with van der Waals surface area (Å²) in [5.41, 5.74) is 1.17. The van der Waals surface area contributed by atoms with Gasteiger partial charge in [-0.2, -0.15) is 0 Å². The number of urea groups is 1. The van der Waals surface area contributed by atoms with E-state index in [1.807, 2.05) is 18.2 Å². The second kappa shape index (κ2) is 5.31. The molecule has 2 saturated heterocycles. The molecule has 0 saturated carbocycles. The predicted octanol–water partition coefficient (Wildman–Crippen LogP) is 2.44. The predicted molar refractivity (Wildman–Crippen MR) is 89.4 cm³/mol. The van der Waals surface area contributed by atoms with Crippen molar-refractivity contribution in [2.45, 2.75) is 12.1 Å². The summed E-state index contributed by atoms with van der Waals surface area (Å²) in [6.07, 6.45) is 0. The number of amides is 2. The average molecular weight is 346 g/mol. The summed E-state index contributed by atoms with van der Waals surface area (Å²) in [6.45, 7) is 0. The Morgan fingerprint density at radius 1 is 0.833 bits per heavy atom. The second-order valence-electron chi connectivity index (χ2n) is 6.05. The summed E-state index contributed by atoms with van der Waals surface area (Å²) in [4.78, 5) is 16.0. The fourth-order valence-electron chi connectivity index (χ4n) is 3.50. The number of hydrogen-bond donors (Lipinski definition) is 0. The summed E-state index contributed by atoms with van der Waals surface area (Å²) < 4.78 is 37.5. The van der Waals surface area contributed by atoms with Crippen molar-refractivity contribution in [2.75, 3.05) is 21.3 Å². The molecule has 4 rings (SSSR count). The van der Waals surface area contributed by atoms with E-state index >= 15 is 0 Å². The number of anilines is 2. The van der Waals surface area contributed by atoms with Gasteiger partial charge in [-0.1, -0.05) is 18.2 Å². The molecule has 2 aromatic carbocycles. The molecule has 7 heteroatoms. The zero-order valence-corrected chi connectivity index (χ0v) is 13.5. The highest BCUT2D eigenvalue weighted by Crippen LogP contribution is 2.37. The molecule has 2 aliphatic rings. The van der Waals surface area contributed by atoms with E-state index in [1.54, 1.807) is 17.0 Å². The molecule has 2 heterocycles. The molecule has 0 radical (unpaired) electrons. The third kappa shape index (κ3) is 2.36. The van der Waals surface area contributed by atoms with Crippen molar-refractivity contribution in [1.82, 2.24) is 0 Å². The van der Waals surface area contributed by atoms with E-state index in [2.05, 4.69) is 0 Å². The molecule has 2 fully saturated rings. The fraction of sp³-hybridized carbons (Fsp3) is 0.235. The fourth-order valence-corrected chi connectivity index (χ4v) is 5.42. The topological polar surface area (TPSA) is 57.7 Å². The van der Waals surface area contributed by atoms with Gasteiger partial charge in [-0.25, -0.2) is 17.6 Å². The zero-order chi connectivity index (χ0) is 16.9. The van der Waals surface area contributed by atoms with Crippen LogP contribution in [-0.2, 0) is 9.84 Å². The van der Waals surface area contributed by atoms with Crippen LogP contribution in [0.2, 0.25) is 0 Å². The largest absolute Gasteiger partial charge is 0.329 e. The Morgan fingerprint density at radius 2 is 1.33 bits per heavy atom. The number of hydrogen-bond acceptors (Lipinski definition) is 3. The molecule has 0 aliphatic carbocycles. The number of halogens is 1. The van der Waals surface area contributed by atoms with Crippen LogP contribution in [0.15, 0.2) is 54.6 Å². The van der Waals surface area contributed by atoms with Gasteiger partial charge in [0.1, 0.15) is 5.82 Å². The molecular formula is C17H15FN2O3S. The van der Waals surface area contributed by atoms with E-state index < -0.39 is 27.7 Å². The summed E-state index contributed by atoms with van der Waals surface area (Å²) >= 11 is 0. The van der Waals surface area contributed by atoms with Crippen LogP contribution < -0.4 is 9.80 Å². The van der Waals surface area contributed by atoms with Crippen LogP contribution >= 0.6 is 0 Å². The van der Waals surface area contributed by atoms with Crippen LogP contribution in [0.1, 0.15) is 0 Å². The number of sulfone groups is 1. The van der Waals surface area contributed by atoms with E-state index in [0.717, 1.165) is 0 Å². The molecule has 0 N–H and O–H groups in total. The normalized spacial score (nSPS) is 25.1. The van der Waals surface area contributed by atoms with Gasteiger partial charge in [0, 0.05) is 11.4 Å². The molecule has 2 aliphatic heterocycles. The van der Waals surface area contributed by atoms with Gasteiger partial charge < -0.3 is 0 Å². The minimum atomic E-state index is -3.23. The third-order valence-electron chi connectivity index (χ3n) is 4.51. The highest BCUT2D eigenvalue weighted by atomic mass is 32.2. The summed E-state index contributed by atoms with van der Waals surface area (Å²) in [5, 5.41) is 0. The van der Waals surface area contributed by atoms with E-state index in [9.17, 15) is 17.6 Å². The lowest BCUT2D eigenvalue weighted by molar-refractivity contribution is 0.255. The van der Waals surface area contributed by atoms with Crippen LogP contribution in [0.3, 0.4) is 0 Å². The van der Waals surface area contributed by atoms with Crippen LogP contribution in [0.4, 0.5) is 20.6 Å². The quantitative estimate of drug-likeness (QED) is 0.785. The molecule has 2 aromatic rings. The van der Waals surface area contributed by atoms with Crippen LogP contribution in [0.25, 0.3) is 0 Å². The molecule has 0 aromatic heterocycles. The molecular weight excluding hydrogens is 331 g/mol. The van der Waals surface area contributed by atoms with Crippen LogP contribution in [-0.4, -0.2) is 38.0 Å². The third-order valence-corrected chi connectivity index (χ3v) is 6.21. The van der Waals surface area contributed by atoms with Crippen molar-refractivity contribution >= 4 is 27.2 Å². The standard InChI is InChI=1S/C17H15FN2O3S/c18-12-6-8-14(9-7-12)20-16-11-24(22,23)10-15(16)19(17(20)21)13-4-2-1-3-5-13/h1-9,15-16H,10-11H2/t15-,16+/m1/s1. The van der Waals surface area contributed by atoms with E-state index in [1.165, 1.54) is 29.2 Å². The van der Waals surface area contributed by atoms with Crippen molar-refractivity contribution in [3.63, 3.8) is 0 Å². The maximum Gasteiger partial charge on any atom is 0.329 e. The van der Waals surface area contributed by atoms with Crippen LogP contribution in [0, 0.1) is 5.82 Å². The maximum absolute atomic E-state index is 13.2. The Balaban J connectivity index is 1.80. The number of rotatable bonds is 2. The SMILES string of the molecule is O=C1N(c2ccccc2)[C@@H]2CS(=O)(=O)C[C@@H]2N1c1ccc(F)cc1. The Kier molecular flexibility index (Phi) is 3.35. The first-order valence-corrected chi connectivity index (χ1v) is 9.42. The molecule has 2 amide bonds. The second-order valence-corrected chi connectivity index (χ2v) is 8.20. The lowest BCUT2D eigenvalue weighted by atomic mass is 10.1. The number of para-hydroxylation sites is 1. The van der Waals surface area contributed by atoms with Gasteiger partial charge in [0.2, 0.25) is 0 Å². The molecule has 5 nitrogen and oxygen atoms in total. The Hall–Kier alpha value is -2.41. The van der Waals surface area contributed by atoms with Gasteiger partial charge in [-0.15, -0.1) is 0 Å². The van der Waals surface area contributed by atoms with E-state index in [-0.39, 0.29) is 17.5 Å². The molecule has 124 valence electrons. The van der Waals surface area contributed by atoms with Gasteiger partial charge in [0.15, 0.2) is 9.84 Å². The van der Waals surface area contributed by atoms with Crippen LogP contribution in [0.5, 0.6) is 0 Å². The summed E-state index contributed by atoms with van der Waals surface area (Å²) in [5.74, 6) is -0.541. The monoisotopic (exact) mass is 346 g/mol. The van der Waals surface area contributed by atoms with Crippen molar-refractivity contribution in [3.05, 3.63) is 60.4 Å². The van der Waals surface area contributed by atoms with Crippen molar-refractivity contribution in [1.29, 1.82) is 0 Å². The summed E-state index contributed by atoms with van der Waals surface area (Å²) in [7, 11) is -3.23. The van der Waals surface area contributed by atoms with Gasteiger partial charge in [-0.3, -0.25) is 9.80 Å². The molecule has 24 heavy (non-hydrogen) atoms. The first-order chi connectivity index (χ1) is 11.5. The minimum Gasteiger partial charge on any atom is -0.288 e. The Labute approximate surface area is 139 Å². The first-order valence-electron chi connectivity index (χ1n) is 7.60. The maximum atomic E-state index is 13.2. The molecule has 0 unspecified atom stereocenters. The minimum absolute atomic E-state index is 0.0595. The molecule has 0 spiro atoms. The molecule has 0 bridgehead atoms. The highest BCUT2D eigenvalue weighted by molar-refractivity contribution is 7.91. The smallest absolute Gasteiger partial charge is 0.288 e. The van der Waals surface area contributed by atoms with Gasteiger partial charge in [0.25, 0.3) is 0 Å². The van der Waals surface area contributed by atoms with Gasteiger partial charge in [0.05, 0.1) is 23.6 Å². The summed E-state index contributed by atoms with van der Waals surface area (Å²) in [6, 6.07) is 13.4. The van der Waals surface area contributed by atoms with Crippen molar-refractivity contribution < 1.29 is 17.6 Å².